The number of benzene rings is 2. The molecule has 1 fully saturated rings. The Morgan fingerprint density at radius 1 is 0.852 bits per heavy atom. The Morgan fingerprint density at radius 2 is 1.52 bits per heavy atom. The first-order valence-electron chi connectivity index (χ1n) is 9.25. The molecule has 1 unspecified atom stereocenters. The van der Waals surface area contributed by atoms with Crippen LogP contribution in [0.4, 0.5) is 10.5 Å². The predicted molar refractivity (Wildman–Crippen MR) is 106 cm³/mol. The molecule has 3 aromatic rings. The number of anilines is 1. The lowest BCUT2D eigenvalue weighted by atomic mass is 10.0. The second kappa shape index (κ2) is 7.99. The van der Waals surface area contributed by atoms with Crippen LogP contribution in [0.1, 0.15) is 17.4 Å². The average Bonchev–Trinajstić information content (AvgIpc) is 3.28. The Balaban J connectivity index is 1.42. The molecule has 4 rings (SSSR count). The molecule has 2 heterocycles. The highest BCUT2D eigenvalue weighted by atomic mass is 16.3. The summed E-state index contributed by atoms with van der Waals surface area (Å²) in [6.45, 7) is 3.04. The van der Waals surface area contributed by atoms with Crippen LogP contribution in [-0.4, -0.2) is 37.1 Å². The second-order valence-corrected chi connectivity index (χ2v) is 6.62. The van der Waals surface area contributed by atoms with E-state index in [0.29, 0.717) is 13.1 Å². The fraction of sp³-hybridized carbons (Fsp3) is 0.227. The van der Waals surface area contributed by atoms with Gasteiger partial charge in [0.2, 0.25) is 0 Å². The maximum absolute atomic E-state index is 12.9. The Morgan fingerprint density at radius 3 is 2.15 bits per heavy atom. The molecule has 1 aliphatic rings. The van der Waals surface area contributed by atoms with Gasteiger partial charge in [-0.05, 0) is 29.8 Å². The number of furan rings is 1. The molecule has 27 heavy (non-hydrogen) atoms. The molecule has 1 N–H and O–H groups in total. The highest BCUT2D eigenvalue weighted by Gasteiger charge is 2.25. The highest BCUT2D eigenvalue weighted by molar-refractivity contribution is 5.75. The number of rotatable bonds is 4. The summed E-state index contributed by atoms with van der Waals surface area (Å²) in [5.41, 5.74) is 2.21. The largest absolute Gasteiger partial charge is 0.467 e. The van der Waals surface area contributed by atoms with E-state index in [2.05, 4.69) is 22.3 Å². The van der Waals surface area contributed by atoms with Gasteiger partial charge in [-0.15, -0.1) is 0 Å². The fourth-order valence-electron chi connectivity index (χ4n) is 3.44. The van der Waals surface area contributed by atoms with Gasteiger partial charge in [-0.2, -0.15) is 0 Å². The number of urea groups is 1. The predicted octanol–water partition coefficient (Wildman–Crippen LogP) is 3.90. The highest BCUT2D eigenvalue weighted by Crippen LogP contribution is 2.23. The van der Waals surface area contributed by atoms with E-state index in [1.165, 1.54) is 5.69 Å². The minimum absolute atomic E-state index is 0.0621. The van der Waals surface area contributed by atoms with Gasteiger partial charge in [0.25, 0.3) is 0 Å². The summed E-state index contributed by atoms with van der Waals surface area (Å²) in [6, 6.07) is 23.6. The molecule has 5 nitrogen and oxygen atoms in total. The third-order valence-corrected chi connectivity index (χ3v) is 4.92. The van der Waals surface area contributed by atoms with E-state index < -0.39 is 0 Å². The van der Waals surface area contributed by atoms with Crippen LogP contribution in [0.15, 0.2) is 83.5 Å². The van der Waals surface area contributed by atoms with E-state index in [-0.39, 0.29) is 12.1 Å². The quantitative estimate of drug-likeness (QED) is 0.767. The zero-order valence-corrected chi connectivity index (χ0v) is 15.1. The number of amides is 2. The van der Waals surface area contributed by atoms with Crippen molar-refractivity contribution >= 4 is 11.7 Å². The summed E-state index contributed by atoms with van der Waals surface area (Å²) >= 11 is 0. The van der Waals surface area contributed by atoms with Crippen molar-refractivity contribution in [3.63, 3.8) is 0 Å². The SMILES string of the molecule is O=C(NC(c1ccccc1)c1ccco1)N1CCN(c2ccccc2)CC1. The monoisotopic (exact) mass is 361 g/mol. The first kappa shape index (κ1) is 17.2. The number of carbonyl (C=O) groups is 1. The number of para-hydroxylation sites is 1. The third-order valence-electron chi connectivity index (χ3n) is 4.92. The first-order chi connectivity index (χ1) is 13.3. The van der Waals surface area contributed by atoms with Gasteiger partial charge in [-0.3, -0.25) is 0 Å². The molecular weight excluding hydrogens is 338 g/mol. The minimum atomic E-state index is -0.291. The van der Waals surface area contributed by atoms with Crippen molar-refractivity contribution in [3.05, 3.63) is 90.4 Å². The van der Waals surface area contributed by atoms with E-state index in [4.69, 9.17) is 4.42 Å². The normalized spacial score (nSPS) is 15.4. The van der Waals surface area contributed by atoms with Gasteiger partial charge < -0.3 is 19.5 Å². The van der Waals surface area contributed by atoms with E-state index in [1.54, 1.807) is 6.26 Å². The summed E-state index contributed by atoms with van der Waals surface area (Å²) < 4.78 is 5.57. The van der Waals surface area contributed by atoms with Gasteiger partial charge in [-0.25, -0.2) is 4.79 Å². The van der Waals surface area contributed by atoms with Crippen LogP contribution in [0.25, 0.3) is 0 Å². The molecule has 1 aliphatic heterocycles. The van der Waals surface area contributed by atoms with Gasteiger partial charge in [0.05, 0.1) is 6.26 Å². The third kappa shape index (κ3) is 3.97. The minimum Gasteiger partial charge on any atom is -0.467 e. The molecule has 0 bridgehead atoms. The lowest BCUT2D eigenvalue weighted by molar-refractivity contribution is 0.190. The lowest BCUT2D eigenvalue weighted by Gasteiger charge is -2.36. The van der Waals surface area contributed by atoms with E-state index in [9.17, 15) is 4.79 Å². The number of piperazine rings is 1. The topological polar surface area (TPSA) is 48.7 Å². The summed E-state index contributed by atoms with van der Waals surface area (Å²) in [5.74, 6) is 0.734. The molecule has 2 aromatic carbocycles. The second-order valence-electron chi connectivity index (χ2n) is 6.62. The van der Waals surface area contributed by atoms with Crippen molar-refractivity contribution in [3.8, 4) is 0 Å². The number of nitrogens with zero attached hydrogens (tertiary/aromatic N) is 2. The van der Waals surface area contributed by atoms with Crippen molar-refractivity contribution in [2.75, 3.05) is 31.1 Å². The van der Waals surface area contributed by atoms with Gasteiger partial charge in [0, 0.05) is 31.9 Å². The van der Waals surface area contributed by atoms with Crippen LogP contribution < -0.4 is 10.2 Å². The van der Waals surface area contributed by atoms with Crippen LogP contribution in [0.5, 0.6) is 0 Å². The van der Waals surface area contributed by atoms with Crippen molar-refractivity contribution in [1.29, 1.82) is 0 Å². The number of carbonyl (C=O) groups excluding carboxylic acids is 1. The smallest absolute Gasteiger partial charge is 0.318 e. The lowest BCUT2D eigenvalue weighted by Crippen LogP contribution is -2.52. The zero-order valence-electron chi connectivity index (χ0n) is 15.1. The summed E-state index contributed by atoms with van der Waals surface area (Å²) in [6.07, 6.45) is 1.63. The molecule has 2 amide bonds. The Kier molecular flexibility index (Phi) is 5.10. The van der Waals surface area contributed by atoms with E-state index >= 15 is 0 Å². The molecule has 138 valence electrons. The van der Waals surface area contributed by atoms with Crippen molar-refractivity contribution in [1.82, 2.24) is 10.2 Å². The fourth-order valence-corrected chi connectivity index (χ4v) is 3.44. The number of hydrogen-bond acceptors (Lipinski definition) is 3. The van der Waals surface area contributed by atoms with Gasteiger partial charge in [0.15, 0.2) is 0 Å². The van der Waals surface area contributed by atoms with Crippen LogP contribution in [0, 0.1) is 0 Å². The van der Waals surface area contributed by atoms with Crippen molar-refractivity contribution < 1.29 is 9.21 Å². The van der Waals surface area contributed by atoms with Gasteiger partial charge in [0.1, 0.15) is 11.8 Å². The molecule has 0 saturated carbocycles. The maximum atomic E-state index is 12.9. The van der Waals surface area contributed by atoms with Crippen LogP contribution >= 0.6 is 0 Å². The Labute approximate surface area is 159 Å². The number of hydrogen-bond donors (Lipinski definition) is 1. The van der Waals surface area contributed by atoms with E-state index in [1.807, 2.05) is 65.6 Å². The van der Waals surface area contributed by atoms with Gasteiger partial charge in [-0.1, -0.05) is 48.5 Å². The molecule has 1 atom stereocenters. The standard InChI is InChI=1S/C22H23N3O2/c26-22(25-15-13-24(14-16-25)19-10-5-2-6-11-19)23-21(20-12-7-17-27-20)18-8-3-1-4-9-18/h1-12,17,21H,13-16H2,(H,23,26). The molecule has 0 radical (unpaired) electrons. The molecule has 0 spiro atoms. The molecule has 0 aliphatic carbocycles. The first-order valence-corrected chi connectivity index (χ1v) is 9.25. The summed E-state index contributed by atoms with van der Waals surface area (Å²) in [4.78, 5) is 17.1. The summed E-state index contributed by atoms with van der Waals surface area (Å²) in [5, 5.41) is 3.13. The van der Waals surface area contributed by atoms with Gasteiger partial charge >= 0.3 is 6.03 Å². The van der Waals surface area contributed by atoms with Crippen LogP contribution in [0.3, 0.4) is 0 Å². The summed E-state index contributed by atoms with van der Waals surface area (Å²) in [7, 11) is 0. The Bertz CT molecular complexity index is 842. The maximum Gasteiger partial charge on any atom is 0.318 e. The van der Waals surface area contributed by atoms with Crippen molar-refractivity contribution in [2.24, 2.45) is 0 Å². The van der Waals surface area contributed by atoms with Crippen LogP contribution in [0.2, 0.25) is 0 Å². The molecule has 1 saturated heterocycles. The molecular formula is C22H23N3O2. The van der Waals surface area contributed by atoms with Crippen molar-refractivity contribution in [2.45, 2.75) is 6.04 Å². The van der Waals surface area contributed by atoms with E-state index in [0.717, 1.165) is 24.4 Å². The average molecular weight is 361 g/mol. The molecule has 5 heteroatoms. The Hall–Kier alpha value is -3.21. The zero-order chi connectivity index (χ0) is 18.5. The number of nitrogens with one attached hydrogen (secondary N) is 1. The molecule has 1 aromatic heterocycles. The van der Waals surface area contributed by atoms with Crippen LogP contribution in [-0.2, 0) is 0 Å².